The van der Waals surface area contributed by atoms with Crippen LogP contribution in [-0.2, 0) is 0 Å². The van der Waals surface area contributed by atoms with Crippen LogP contribution in [0, 0.1) is 6.92 Å². The molecule has 1 nitrogen and oxygen atoms in total. The zero-order valence-corrected chi connectivity index (χ0v) is 13.8. The van der Waals surface area contributed by atoms with Crippen LogP contribution < -0.4 is 0 Å². The van der Waals surface area contributed by atoms with Gasteiger partial charge in [0.15, 0.2) is 0 Å². The molecule has 2 heteroatoms. The van der Waals surface area contributed by atoms with Gasteiger partial charge in [-0.3, -0.25) is 0 Å². The first-order valence-corrected chi connectivity index (χ1v) is 8.10. The standard InChI is InChI=1S/C18H24OS/c1-11(2)14-7-8-15(16(10-14)12(3)4)18(19)17-9-6-13(5)20-17/h6-12,18-19H,1-5H3. The minimum absolute atomic E-state index is 0.416. The largest absolute Gasteiger partial charge is 0.383 e. The molecule has 1 heterocycles. The lowest BCUT2D eigenvalue weighted by atomic mass is 9.89. The van der Waals surface area contributed by atoms with Crippen molar-refractivity contribution in [3.05, 3.63) is 56.8 Å². The molecule has 1 N–H and O–H groups in total. The van der Waals surface area contributed by atoms with Gasteiger partial charge in [-0.2, -0.15) is 0 Å². The Morgan fingerprint density at radius 3 is 2.10 bits per heavy atom. The minimum Gasteiger partial charge on any atom is -0.383 e. The summed E-state index contributed by atoms with van der Waals surface area (Å²) in [4.78, 5) is 2.27. The van der Waals surface area contributed by atoms with Crippen molar-refractivity contribution < 1.29 is 5.11 Å². The van der Waals surface area contributed by atoms with Gasteiger partial charge in [0.2, 0.25) is 0 Å². The van der Waals surface area contributed by atoms with Crippen molar-refractivity contribution in [3.63, 3.8) is 0 Å². The van der Waals surface area contributed by atoms with E-state index in [1.54, 1.807) is 11.3 Å². The second-order valence-electron chi connectivity index (χ2n) is 6.05. The van der Waals surface area contributed by atoms with Gasteiger partial charge in [0, 0.05) is 9.75 Å². The van der Waals surface area contributed by atoms with Gasteiger partial charge in [0.05, 0.1) is 0 Å². The molecule has 0 spiro atoms. The number of benzene rings is 1. The normalized spacial score (nSPS) is 13.2. The van der Waals surface area contributed by atoms with Gasteiger partial charge in [-0.25, -0.2) is 0 Å². The van der Waals surface area contributed by atoms with Gasteiger partial charge in [-0.05, 0) is 47.6 Å². The average Bonchev–Trinajstić information content (AvgIpc) is 2.83. The van der Waals surface area contributed by atoms with E-state index in [1.807, 2.05) is 6.07 Å². The lowest BCUT2D eigenvalue weighted by Gasteiger charge is -2.19. The molecule has 0 saturated carbocycles. The van der Waals surface area contributed by atoms with Crippen LogP contribution in [-0.4, -0.2) is 5.11 Å². The van der Waals surface area contributed by atoms with E-state index in [9.17, 15) is 5.11 Å². The summed E-state index contributed by atoms with van der Waals surface area (Å²) in [6.45, 7) is 10.9. The van der Waals surface area contributed by atoms with Crippen LogP contribution in [0.25, 0.3) is 0 Å². The summed E-state index contributed by atoms with van der Waals surface area (Å²) >= 11 is 1.67. The Morgan fingerprint density at radius 2 is 1.60 bits per heavy atom. The maximum Gasteiger partial charge on any atom is 0.113 e. The van der Waals surface area contributed by atoms with E-state index in [0.717, 1.165) is 10.4 Å². The molecule has 2 aromatic rings. The van der Waals surface area contributed by atoms with Crippen LogP contribution >= 0.6 is 11.3 Å². The van der Waals surface area contributed by atoms with Gasteiger partial charge in [0.1, 0.15) is 6.10 Å². The summed E-state index contributed by atoms with van der Waals surface area (Å²) in [7, 11) is 0. The monoisotopic (exact) mass is 288 g/mol. The lowest BCUT2D eigenvalue weighted by Crippen LogP contribution is -2.05. The molecule has 0 saturated heterocycles. The summed E-state index contributed by atoms with van der Waals surface area (Å²) < 4.78 is 0. The highest BCUT2D eigenvalue weighted by Gasteiger charge is 2.18. The zero-order chi connectivity index (χ0) is 14.9. The zero-order valence-electron chi connectivity index (χ0n) is 13.0. The molecule has 1 aromatic carbocycles. The lowest BCUT2D eigenvalue weighted by molar-refractivity contribution is 0.222. The van der Waals surface area contributed by atoms with E-state index in [-0.39, 0.29) is 0 Å². The van der Waals surface area contributed by atoms with Crippen LogP contribution in [0.5, 0.6) is 0 Å². The summed E-state index contributed by atoms with van der Waals surface area (Å²) in [5.74, 6) is 0.932. The van der Waals surface area contributed by atoms with Crippen molar-refractivity contribution in [1.82, 2.24) is 0 Å². The van der Waals surface area contributed by atoms with E-state index >= 15 is 0 Å². The molecule has 0 radical (unpaired) electrons. The molecule has 0 aliphatic rings. The molecular weight excluding hydrogens is 264 g/mol. The Labute approximate surface area is 126 Å². The van der Waals surface area contributed by atoms with Gasteiger partial charge < -0.3 is 5.11 Å². The maximum absolute atomic E-state index is 10.7. The Hall–Kier alpha value is -1.12. The fourth-order valence-electron chi connectivity index (χ4n) is 2.46. The molecule has 2 rings (SSSR count). The number of aliphatic hydroxyl groups excluding tert-OH is 1. The predicted molar refractivity (Wildman–Crippen MR) is 87.7 cm³/mol. The average molecular weight is 288 g/mol. The van der Waals surface area contributed by atoms with Crippen LogP contribution in [0.1, 0.15) is 72.1 Å². The quantitative estimate of drug-likeness (QED) is 0.800. The van der Waals surface area contributed by atoms with Crippen LogP contribution in [0.15, 0.2) is 30.3 Å². The topological polar surface area (TPSA) is 20.2 Å². The molecule has 0 fully saturated rings. The first-order valence-electron chi connectivity index (χ1n) is 7.28. The predicted octanol–water partition coefficient (Wildman–Crippen LogP) is 5.39. The maximum atomic E-state index is 10.7. The molecule has 108 valence electrons. The third-order valence-electron chi connectivity index (χ3n) is 3.72. The second kappa shape index (κ2) is 6.11. The Balaban J connectivity index is 2.45. The Bertz CT molecular complexity index is 581. The number of aliphatic hydroxyl groups is 1. The molecule has 0 bridgehead atoms. The van der Waals surface area contributed by atoms with Crippen LogP contribution in [0.2, 0.25) is 0 Å². The van der Waals surface area contributed by atoms with Crippen LogP contribution in [0.3, 0.4) is 0 Å². The highest BCUT2D eigenvalue weighted by atomic mass is 32.1. The summed E-state index contributed by atoms with van der Waals surface area (Å²) in [5, 5.41) is 10.7. The van der Waals surface area contributed by atoms with Crippen molar-refractivity contribution in [2.24, 2.45) is 0 Å². The minimum atomic E-state index is -0.507. The summed E-state index contributed by atoms with van der Waals surface area (Å²) in [5.41, 5.74) is 3.65. The first kappa shape index (κ1) is 15.3. The first-order chi connectivity index (χ1) is 9.40. The van der Waals surface area contributed by atoms with Crippen molar-refractivity contribution in [1.29, 1.82) is 0 Å². The van der Waals surface area contributed by atoms with E-state index in [2.05, 4.69) is 58.9 Å². The van der Waals surface area contributed by atoms with E-state index < -0.39 is 6.10 Å². The van der Waals surface area contributed by atoms with Gasteiger partial charge in [-0.1, -0.05) is 45.9 Å². The molecular formula is C18H24OS. The molecule has 1 atom stereocenters. The molecule has 0 aliphatic heterocycles. The molecule has 20 heavy (non-hydrogen) atoms. The van der Waals surface area contributed by atoms with E-state index in [1.165, 1.54) is 16.0 Å². The third kappa shape index (κ3) is 3.13. The number of hydrogen-bond donors (Lipinski definition) is 1. The molecule has 0 aliphatic carbocycles. The van der Waals surface area contributed by atoms with Crippen molar-refractivity contribution in [3.8, 4) is 0 Å². The third-order valence-corrected chi connectivity index (χ3v) is 4.78. The summed E-state index contributed by atoms with van der Waals surface area (Å²) in [6, 6.07) is 10.6. The number of rotatable bonds is 4. The number of thiophene rings is 1. The molecule has 1 aromatic heterocycles. The summed E-state index contributed by atoms with van der Waals surface area (Å²) in [6.07, 6.45) is -0.507. The highest BCUT2D eigenvalue weighted by Crippen LogP contribution is 2.34. The van der Waals surface area contributed by atoms with E-state index in [0.29, 0.717) is 11.8 Å². The fraction of sp³-hybridized carbons (Fsp3) is 0.444. The Morgan fingerprint density at radius 1 is 0.900 bits per heavy atom. The number of hydrogen-bond acceptors (Lipinski definition) is 2. The molecule has 1 unspecified atom stereocenters. The van der Waals surface area contributed by atoms with Gasteiger partial charge >= 0.3 is 0 Å². The van der Waals surface area contributed by atoms with Crippen LogP contribution in [0.4, 0.5) is 0 Å². The molecule has 0 amide bonds. The van der Waals surface area contributed by atoms with E-state index in [4.69, 9.17) is 0 Å². The van der Waals surface area contributed by atoms with Crippen molar-refractivity contribution >= 4 is 11.3 Å². The second-order valence-corrected chi connectivity index (χ2v) is 7.37. The fourth-order valence-corrected chi connectivity index (χ4v) is 3.34. The number of aryl methyl sites for hydroxylation is 1. The van der Waals surface area contributed by atoms with Gasteiger partial charge in [-0.15, -0.1) is 11.3 Å². The van der Waals surface area contributed by atoms with Gasteiger partial charge in [0.25, 0.3) is 0 Å². The van der Waals surface area contributed by atoms with Crippen molar-refractivity contribution in [2.45, 2.75) is 52.6 Å². The smallest absolute Gasteiger partial charge is 0.113 e. The Kier molecular flexibility index (Phi) is 4.66. The SMILES string of the molecule is Cc1ccc(C(O)c2ccc(C(C)C)cc2C(C)C)s1. The highest BCUT2D eigenvalue weighted by molar-refractivity contribution is 7.12. The van der Waals surface area contributed by atoms with Crippen molar-refractivity contribution in [2.75, 3.05) is 0 Å².